The third-order valence-electron chi connectivity index (χ3n) is 5.93. The quantitative estimate of drug-likeness (QED) is 0.799. The Morgan fingerprint density at radius 3 is 2.69 bits per heavy atom. The molecular formula is C22H33FN2O4. The van der Waals surface area contributed by atoms with E-state index in [1.165, 1.54) is 13.2 Å². The van der Waals surface area contributed by atoms with Crippen molar-refractivity contribution in [2.45, 2.75) is 76.2 Å². The van der Waals surface area contributed by atoms with Gasteiger partial charge in [-0.2, -0.15) is 0 Å². The molecule has 2 fully saturated rings. The van der Waals surface area contributed by atoms with Crippen LogP contribution in [-0.4, -0.2) is 60.1 Å². The highest BCUT2D eigenvalue weighted by Crippen LogP contribution is 2.38. The predicted molar refractivity (Wildman–Crippen MR) is 109 cm³/mol. The number of halogens is 1. The average Bonchev–Trinajstić information content (AvgIpc) is 3.02. The van der Waals surface area contributed by atoms with Gasteiger partial charge in [-0.3, -0.25) is 4.90 Å². The summed E-state index contributed by atoms with van der Waals surface area (Å²) in [7, 11) is 1.43. The highest BCUT2D eigenvalue weighted by atomic mass is 19.1. The molecule has 2 aliphatic rings. The van der Waals surface area contributed by atoms with Crippen molar-refractivity contribution < 1.29 is 23.8 Å². The van der Waals surface area contributed by atoms with E-state index in [1.54, 1.807) is 17.0 Å². The Labute approximate surface area is 172 Å². The van der Waals surface area contributed by atoms with Gasteiger partial charge in [0.1, 0.15) is 6.10 Å². The van der Waals surface area contributed by atoms with Gasteiger partial charge in [-0.05, 0) is 76.6 Å². The van der Waals surface area contributed by atoms with Gasteiger partial charge in [0.2, 0.25) is 0 Å². The van der Waals surface area contributed by atoms with Crippen LogP contribution in [-0.2, 0) is 4.74 Å². The second kappa shape index (κ2) is 8.88. The third-order valence-corrected chi connectivity index (χ3v) is 5.93. The van der Waals surface area contributed by atoms with Crippen molar-refractivity contribution >= 4 is 6.09 Å². The lowest BCUT2D eigenvalue weighted by atomic mass is 9.97. The number of nitrogens with one attached hydrogen (secondary N) is 1. The molecule has 1 saturated carbocycles. The Morgan fingerprint density at radius 1 is 1.31 bits per heavy atom. The normalized spacial score (nSPS) is 27.5. The van der Waals surface area contributed by atoms with Gasteiger partial charge in [0.05, 0.1) is 13.2 Å². The van der Waals surface area contributed by atoms with E-state index in [1.807, 2.05) is 20.8 Å². The molecule has 162 valence electrons. The maximum atomic E-state index is 13.7. The predicted octanol–water partition coefficient (Wildman–Crippen LogP) is 3.43. The van der Waals surface area contributed by atoms with E-state index >= 15 is 0 Å². The Kier molecular flexibility index (Phi) is 6.69. The molecule has 1 aliphatic heterocycles. The second-order valence-corrected chi connectivity index (χ2v) is 9.09. The fourth-order valence-electron chi connectivity index (χ4n) is 4.52. The average molecular weight is 409 g/mol. The number of ether oxygens (including phenoxy) is 2. The Hall–Kier alpha value is -1.86. The first-order valence-electron chi connectivity index (χ1n) is 10.4. The molecule has 0 radical (unpaired) electrons. The Balaban J connectivity index is 1.69. The Bertz CT molecular complexity index is 715. The summed E-state index contributed by atoms with van der Waals surface area (Å²) in [4.78, 5) is 14.9. The fraction of sp³-hybridized carbons (Fsp3) is 0.682. The minimum atomic E-state index is -0.744. The largest absolute Gasteiger partial charge is 0.494 e. The van der Waals surface area contributed by atoms with Crippen LogP contribution in [0.2, 0.25) is 0 Å². The number of rotatable bonds is 4. The molecule has 29 heavy (non-hydrogen) atoms. The topological polar surface area (TPSA) is 71.0 Å². The highest BCUT2D eigenvalue weighted by Gasteiger charge is 2.41. The minimum Gasteiger partial charge on any atom is -0.494 e. The SMILES string of the molecule is COc1cc(C2CC(O)[C@H](OC(=O)N(C3CCCNC3)C(C)(C)C)C2)ccc1F. The van der Waals surface area contributed by atoms with Crippen molar-refractivity contribution in [3.63, 3.8) is 0 Å². The minimum absolute atomic E-state index is 0.0169. The monoisotopic (exact) mass is 408 g/mol. The smallest absolute Gasteiger partial charge is 0.410 e. The van der Waals surface area contributed by atoms with Crippen molar-refractivity contribution in [2.24, 2.45) is 0 Å². The molecule has 0 spiro atoms. The molecule has 0 bridgehead atoms. The number of benzene rings is 1. The molecule has 0 aromatic heterocycles. The van der Waals surface area contributed by atoms with Crippen LogP contribution >= 0.6 is 0 Å². The van der Waals surface area contributed by atoms with E-state index in [4.69, 9.17) is 9.47 Å². The number of methoxy groups -OCH3 is 1. The lowest BCUT2D eigenvalue weighted by Crippen LogP contribution is -2.57. The summed E-state index contributed by atoms with van der Waals surface area (Å²) in [6, 6.07) is 4.81. The van der Waals surface area contributed by atoms with Crippen LogP contribution in [0, 0.1) is 5.82 Å². The molecule has 1 aromatic rings. The van der Waals surface area contributed by atoms with Crippen LogP contribution in [0.25, 0.3) is 0 Å². The standard InChI is InChI=1S/C22H33FN2O4/c1-22(2,3)25(16-6-5-9-24-13-16)21(27)29-20-12-15(10-18(20)26)14-7-8-17(23)19(11-14)28-4/h7-8,11,15-16,18,20,24,26H,5-6,9-10,12-13H2,1-4H3/t15?,16?,18?,20-/m1/s1. The number of hydrogen-bond donors (Lipinski definition) is 2. The zero-order chi connectivity index (χ0) is 21.2. The molecule has 1 aliphatic carbocycles. The van der Waals surface area contributed by atoms with Crippen molar-refractivity contribution in [1.82, 2.24) is 10.2 Å². The van der Waals surface area contributed by atoms with Crippen molar-refractivity contribution in [2.75, 3.05) is 20.2 Å². The van der Waals surface area contributed by atoms with E-state index in [2.05, 4.69) is 5.32 Å². The number of amides is 1. The number of carbonyl (C=O) groups excluding carboxylic acids is 1. The summed E-state index contributed by atoms with van der Waals surface area (Å²) in [5.41, 5.74) is 0.499. The number of nitrogens with zero attached hydrogens (tertiary/aromatic N) is 1. The molecular weight excluding hydrogens is 375 g/mol. The van der Waals surface area contributed by atoms with Gasteiger partial charge in [-0.25, -0.2) is 9.18 Å². The molecule has 3 unspecified atom stereocenters. The maximum Gasteiger partial charge on any atom is 0.410 e. The first kappa shape index (κ1) is 21.8. The first-order valence-corrected chi connectivity index (χ1v) is 10.4. The van der Waals surface area contributed by atoms with Gasteiger partial charge >= 0.3 is 6.09 Å². The second-order valence-electron chi connectivity index (χ2n) is 9.09. The molecule has 1 heterocycles. The van der Waals surface area contributed by atoms with E-state index in [9.17, 15) is 14.3 Å². The Morgan fingerprint density at radius 2 is 2.07 bits per heavy atom. The van der Waals surface area contributed by atoms with Crippen LogP contribution in [0.4, 0.5) is 9.18 Å². The van der Waals surface area contributed by atoms with Crippen molar-refractivity contribution in [3.05, 3.63) is 29.6 Å². The van der Waals surface area contributed by atoms with Crippen molar-refractivity contribution in [1.29, 1.82) is 0 Å². The van der Waals surface area contributed by atoms with E-state index in [0.29, 0.717) is 12.8 Å². The molecule has 6 nitrogen and oxygen atoms in total. The number of aliphatic hydroxyl groups is 1. The number of carbonyl (C=O) groups is 1. The molecule has 1 aromatic carbocycles. The van der Waals surface area contributed by atoms with Gasteiger partial charge in [0.25, 0.3) is 0 Å². The lowest BCUT2D eigenvalue weighted by Gasteiger charge is -2.43. The van der Waals surface area contributed by atoms with Gasteiger partial charge in [0, 0.05) is 18.1 Å². The molecule has 1 amide bonds. The number of aliphatic hydroxyl groups excluding tert-OH is 1. The summed E-state index contributed by atoms with van der Waals surface area (Å²) in [5.74, 6) is -0.252. The molecule has 3 rings (SSSR count). The number of piperidine rings is 1. The third kappa shape index (κ3) is 5.01. The molecule has 7 heteroatoms. The zero-order valence-electron chi connectivity index (χ0n) is 17.8. The van der Waals surface area contributed by atoms with Crippen LogP contribution in [0.15, 0.2) is 18.2 Å². The summed E-state index contributed by atoms with van der Waals surface area (Å²) in [6.45, 7) is 7.72. The van der Waals surface area contributed by atoms with Crippen LogP contribution in [0.3, 0.4) is 0 Å². The molecule has 4 atom stereocenters. The fourth-order valence-corrected chi connectivity index (χ4v) is 4.52. The summed E-state index contributed by atoms with van der Waals surface area (Å²) < 4.78 is 24.6. The van der Waals surface area contributed by atoms with Gasteiger partial charge in [-0.1, -0.05) is 6.07 Å². The highest BCUT2D eigenvalue weighted by molar-refractivity contribution is 5.69. The maximum absolute atomic E-state index is 13.7. The van der Waals surface area contributed by atoms with E-state index < -0.39 is 18.0 Å². The van der Waals surface area contributed by atoms with Gasteiger partial charge in [-0.15, -0.1) is 0 Å². The zero-order valence-corrected chi connectivity index (χ0v) is 17.8. The summed E-state index contributed by atoms with van der Waals surface area (Å²) in [6.07, 6.45) is 1.22. The summed E-state index contributed by atoms with van der Waals surface area (Å²) >= 11 is 0. The van der Waals surface area contributed by atoms with Crippen LogP contribution in [0.1, 0.15) is 57.9 Å². The van der Waals surface area contributed by atoms with Gasteiger partial charge in [0.15, 0.2) is 11.6 Å². The molecule has 2 N–H and O–H groups in total. The van der Waals surface area contributed by atoms with Crippen molar-refractivity contribution in [3.8, 4) is 5.75 Å². The summed E-state index contributed by atoms with van der Waals surface area (Å²) in [5, 5.41) is 13.9. The van der Waals surface area contributed by atoms with E-state index in [0.717, 1.165) is 31.5 Å². The number of hydrogen-bond acceptors (Lipinski definition) is 5. The van der Waals surface area contributed by atoms with Crippen LogP contribution in [0.5, 0.6) is 5.75 Å². The van der Waals surface area contributed by atoms with E-state index in [-0.39, 0.29) is 29.3 Å². The van der Waals surface area contributed by atoms with Gasteiger partial charge < -0.3 is 19.9 Å². The molecule has 1 saturated heterocycles. The lowest BCUT2D eigenvalue weighted by molar-refractivity contribution is -0.0196. The van der Waals surface area contributed by atoms with Crippen LogP contribution < -0.4 is 10.1 Å². The first-order chi connectivity index (χ1) is 13.7.